The maximum absolute atomic E-state index is 13.5. The molecule has 0 saturated heterocycles. The quantitative estimate of drug-likeness (QED) is 0.181. The van der Waals surface area contributed by atoms with Crippen LogP contribution in [0.25, 0.3) is 27.0 Å². The monoisotopic (exact) mass is 560 g/mol. The Labute approximate surface area is 236 Å². The molecule has 212 valence electrons. The molecule has 2 N–H and O–H groups in total. The summed E-state index contributed by atoms with van der Waals surface area (Å²) < 4.78 is 33.7. The maximum Gasteiger partial charge on any atom is 0.387 e. The van der Waals surface area contributed by atoms with E-state index in [1.807, 2.05) is 47.8 Å². The predicted octanol–water partition coefficient (Wildman–Crippen LogP) is 5.65. The number of ether oxygens (including phenoxy) is 1. The molecule has 0 saturated carbocycles. The molecular weight excluding hydrogens is 530 g/mol. The molecule has 2 aromatic carbocycles. The zero-order valence-electron chi connectivity index (χ0n) is 23.2. The number of hydrogen-bond donors (Lipinski definition) is 2. The van der Waals surface area contributed by atoms with E-state index in [1.54, 1.807) is 31.4 Å². The van der Waals surface area contributed by atoms with Crippen molar-refractivity contribution >= 4 is 45.5 Å². The van der Waals surface area contributed by atoms with Crippen LogP contribution in [0.1, 0.15) is 0 Å². The number of fused-ring (bicyclic) bond motifs is 1. The van der Waals surface area contributed by atoms with Gasteiger partial charge in [-0.05, 0) is 38.4 Å². The molecule has 1 amide bonds. The van der Waals surface area contributed by atoms with Gasteiger partial charge in [0.2, 0.25) is 11.9 Å². The number of hydrogen-bond acceptors (Lipinski definition) is 7. The van der Waals surface area contributed by atoms with E-state index in [2.05, 4.69) is 32.0 Å². The standard InChI is InChI=1S/C29H30F2N8O2/c1-7-27(40)34-22-15-23(26(41-28(30)31)16-25(22)38(5)13-12-37(3)4)36-29-33-11-10-21(35-29)20-17-39(6)24-14-18(32-2)8-9-19(20)24/h7-11,14-17,28H,1,12-13H2,3-6H3,(H,34,40)(H,33,35,36). The summed E-state index contributed by atoms with van der Waals surface area (Å²) in [7, 11) is 7.51. The number of aryl methyl sites for hydroxylation is 1. The molecule has 2 heterocycles. The number of anilines is 4. The van der Waals surface area contributed by atoms with Gasteiger partial charge >= 0.3 is 6.61 Å². The van der Waals surface area contributed by atoms with Crippen LogP contribution in [0.2, 0.25) is 0 Å². The van der Waals surface area contributed by atoms with Crippen molar-refractivity contribution < 1.29 is 18.3 Å². The Morgan fingerprint density at radius 2 is 1.98 bits per heavy atom. The van der Waals surface area contributed by atoms with Crippen LogP contribution in [0.4, 0.5) is 37.5 Å². The minimum absolute atomic E-state index is 0.131. The highest BCUT2D eigenvalue weighted by atomic mass is 19.3. The smallest absolute Gasteiger partial charge is 0.387 e. The minimum atomic E-state index is -3.09. The highest BCUT2D eigenvalue weighted by molar-refractivity contribution is 6.02. The summed E-state index contributed by atoms with van der Waals surface area (Å²) in [5.74, 6) is -0.475. The summed E-state index contributed by atoms with van der Waals surface area (Å²) in [5.41, 5.74) is 3.76. The van der Waals surface area contributed by atoms with Crippen molar-refractivity contribution in [1.29, 1.82) is 0 Å². The molecule has 10 nitrogen and oxygen atoms in total. The second-order valence-electron chi connectivity index (χ2n) is 9.52. The molecule has 0 aliphatic rings. The van der Waals surface area contributed by atoms with Gasteiger partial charge in [0.05, 0.1) is 29.3 Å². The number of rotatable bonds is 11. The number of amides is 1. The fourth-order valence-electron chi connectivity index (χ4n) is 4.27. The van der Waals surface area contributed by atoms with Gasteiger partial charge in [-0.25, -0.2) is 14.8 Å². The summed E-state index contributed by atoms with van der Waals surface area (Å²) in [6, 6.07) is 10.1. The third-order valence-corrected chi connectivity index (χ3v) is 6.33. The highest BCUT2D eigenvalue weighted by Crippen LogP contribution is 2.39. The summed E-state index contributed by atoms with van der Waals surface area (Å²) >= 11 is 0. The largest absolute Gasteiger partial charge is 0.433 e. The first-order valence-corrected chi connectivity index (χ1v) is 12.6. The van der Waals surface area contributed by atoms with Crippen molar-refractivity contribution in [1.82, 2.24) is 19.4 Å². The van der Waals surface area contributed by atoms with E-state index in [4.69, 9.17) is 11.3 Å². The SMILES string of the molecule is [C-]#[N+]c1ccc2c(-c3ccnc(Nc4cc(NC(=O)C=C)c(N(C)CCN(C)C)cc4OC(F)F)n3)cn(C)c2c1. The molecule has 12 heteroatoms. The van der Waals surface area contributed by atoms with Crippen molar-refractivity contribution in [2.75, 3.05) is 49.8 Å². The first kappa shape index (κ1) is 29.0. The van der Waals surface area contributed by atoms with E-state index in [9.17, 15) is 13.6 Å². The van der Waals surface area contributed by atoms with Crippen LogP contribution < -0.4 is 20.3 Å². The van der Waals surface area contributed by atoms with Crippen LogP contribution in [0.5, 0.6) is 5.75 Å². The number of benzene rings is 2. The molecular formula is C29H30F2N8O2. The molecule has 0 spiro atoms. The topological polar surface area (TPSA) is 91.9 Å². The predicted molar refractivity (Wildman–Crippen MR) is 157 cm³/mol. The third kappa shape index (κ3) is 6.77. The van der Waals surface area contributed by atoms with Crippen molar-refractivity contribution in [2.24, 2.45) is 7.05 Å². The van der Waals surface area contributed by atoms with Crippen molar-refractivity contribution in [3.05, 3.63) is 72.9 Å². The Kier molecular flexibility index (Phi) is 8.79. The highest BCUT2D eigenvalue weighted by Gasteiger charge is 2.19. The normalized spacial score (nSPS) is 11.0. The maximum atomic E-state index is 13.5. The molecule has 0 radical (unpaired) electrons. The first-order chi connectivity index (χ1) is 19.6. The van der Waals surface area contributed by atoms with Gasteiger partial charge < -0.3 is 29.7 Å². The summed E-state index contributed by atoms with van der Waals surface area (Å²) in [4.78, 5) is 28.4. The number of likely N-dealkylation sites (N-methyl/N-ethyl adjacent to an activating group) is 2. The number of halogens is 2. The van der Waals surface area contributed by atoms with Crippen molar-refractivity contribution in [2.45, 2.75) is 6.61 Å². The molecule has 0 aliphatic heterocycles. The molecule has 4 aromatic rings. The number of carbonyl (C=O) groups is 1. The van der Waals surface area contributed by atoms with Crippen LogP contribution in [-0.2, 0) is 11.8 Å². The van der Waals surface area contributed by atoms with E-state index < -0.39 is 12.5 Å². The van der Waals surface area contributed by atoms with Gasteiger partial charge in [-0.15, -0.1) is 0 Å². The number of nitrogens with one attached hydrogen (secondary N) is 2. The van der Waals surface area contributed by atoms with Crippen LogP contribution in [0.3, 0.4) is 0 Å². The average molecular weight is 561 g/mol. The van der Waals surface area contributed by atoms with Gasteiger partial charge in [0.15, 0.2) is 11.4 Å². The average Bonchev–Trinajstić information content (AvgIpc) is 3.28. The zero-order valence-corrected chi connectivity index (χ0v) is 23.2. The summed E-state index contributed by atoms with van der Waals surface area (Å²) in [6.45, 7) is 8.94. The molecule has 0 atom stereocenters. The van der Waals surface area contributed by atoms with Crippen LogP contribution in [-0.4, -0.2) is 66.2 Å². The Morgan fingerprint density at radius 3 is 2.66 bits per heavy atom. The van der Waals surface area contributed by atoms with Gasteiger partial charge in [-0.1, -0.05) is 18.7 Å². The van der Waals surface area contributed by atoms with E-state index in [1.165, 1.54) is 12.1 Å². The van der Waals surface area contributed by atoms with Crippen LogP contribution in [0, 0.1) is 6.57 Å². The lowest BCUT2D eigenvalue weighted by Crippen LogP contribution is -2.29. The number of carbonyl (C=O) groups excluding carboxylic acids is 1. The van der Waals surface area contributed by atoms with E-state index in [0.717, 1.165) is 22.5 Å². The molecule has 0 unspecified atom stereocenters. The second-order valence-corrected chi connectivity index (χ2v) is 9.52. The van der Waals surface area contributed by atoms with E-state index >= 15 is 0 Å². The third-order valence-electron chi connectivity index (χ3n) is 6.33. The number of nitrogens with zero attached hydrogens (tertiary/aromatic N) is 6. The van der Waals surface area contributed by atoms with Gasteiger partial charge in [0, 0.05) is 62.1 Å². The summed E-state index contributed by atoms with van der Waals surface area (Å²) in [6.07, 6.45) is 4.57. The zero-order chi connectivity index (χ0) is 29.7. The lowest BCUT2D eigenvalue weighted by molar-refractivity contribution is -0.111. The fraction of sp³-hybridized carbons (Fsp3) is 0.241. The Hall–Kier alpha value is -5.02. The van der Waals surface area contributed by atoms with E-state index in [0.29, 0.717) is 35.8 Å². The van der Waals surface area contributed by atoms with Crippen LogP contribution in [0.15, 0.2) is 61.4 Å². The van der Waals surface area contributed by atoms with Gasteiger partial charge in [-0.2, -0.15) is 8.78 Å². The molecule has 0 aliphatic carbocycles. The van der Waals surface area contributed by atoms with Crippen molar-refractivity contribution in [3.63, 3.8) is 0 Å². The van der Waals surface area contributed by atoms with E-state index in [-0.39, 0.29) is 17.4 Å². The lowest BCUT2D eigenvalue weighted by Gasteiger charge is -2.26. The Bertz CT molecular complexity index is 1630. The fourth-order valence-corrected chi connectivity index (χ4v) is 4.27. The molecule has 4 rings (SSSR count). The first-order valence-electron chi connectivity index (χ1n) is 12.6. The lowest BCUT2D eigenvalue weighted by atomic mass is 10.1. The van der Waals surface area contributed by atoms with Gasteiger partial charge in [-0.3, -0.25) is 4.79 Å². The second kappa shape index (κ2) is 12.4. The number of aromatic nitrogens is 3. The Morgan fingerprint density at radius 1 is 1.20 bits per heavy atom. The number of alkyl halides is 2. The molecule has 41 heavy (non-hydrogen) atoms. The molecule has 2 aromatic heterocycles. The molecule has 0 fully saturated rings. The van der Waals surface area contributed by atoms with Crippen molar-refractivity contribution in [3.8, 4) is 17.0 Å². The molecule has 0 bridgehead atoms. The Balaban J connectivity index is 1.75. The minimum Gasteiger partial charge on any atom is -0.433 e. The van der Waals surface area contributed by atoms with Gasteiger partial charge in [0.25, 0.3) is 0 Å². The van der Waals surface area contributed by atoms with Gasteiger partial charge in [0.1, 0.15) is 0 Å². The summed E-state index contributed by atoms with van der Waals surface area (Å²) in [5, 5.41) is 6.62. The van der Waals surface area contributed by atoms with Crippen LogP contribution >= 0.6 is 0 Å².